The highest BCUT2D eigenvalue weighted by Crippen LogP contribution is 2.22. The lowest BCUT2D eigenvalue weighted by molar-refractivity contribution is -0.141. The first kappa shape index (κ1) is 17.1. The Morgan fingerprint density at radius 1 is 1.45 bits per heavy atom. The number of hydrogen-bond acceptors (Lipinski definition) is 4. The molecule has 1 atom stereocenters. The summed E-state index contributed by atoms with van der Waals surface area (Å²) < 4.78 is 0. The minimum Gasteiger partial charge on any atom is -0.480 e. The van der Waals surface area contributed by atoms with E-state index in [2.05, 4.69) is 10.3 Å². The number of thioether (sulfide) groups is 1. The maximum atomic E-state index is 10.9. The van der Waals surface area contributed by atoms with Gasteiger partial charge in [-0.25, -0.2) is 9.78 Å². The van der Waals surface area contributed by atoms with Crippen LogP contribution in [-0.4, -0.2) is 33.8 Å². The Morgan fingerprint density at radius 3 is 2.70 bits per heavy atom. The van der Waals surface area contributed by atoms with Crippen LogP contribution in [0.4, 0.5) is 0 Å². The molecule has 1 rings (SSSR count). The zero-order chi connectivity index (χ0) is 15.1. The molecular weight excluding hydrogens is 323 g/mol. The Kier molecular flexibility index (Phi) is 7.12. The Balaban J connectivity index is 2.40. The number of carbonyl (C=O) groups excluding carboxylic acids is 1. The molecule has 1 unspecified atom stereocenters. The quantitative estimate of drug-likeness (QED) is 0.591. The zero-order valence-electron chi connectivity index (χ0n) is 10.7. The van der Waals surface area contributed by atoms with Crippen molar-refractivity contribution in [2.75, 3.05) is 5.75 Å². The highest BCUT2D eigenvalue weighted by molar-refractivity contribution is 7.98. The predicted molar refractivity (Wildman–Crippen MR) is 80.3 cm³/mol. The predicted octanol–water partition coefficient (Wildman–Crippen LogP) is 2.60. The molecule has 0 fully saturated rings. The molecule has 1 aromatic rings. The number of nitrogens with one attached hydrogen (secondary N) is 1. The minimum atomic E-state index is -1.04. The maximum absolute atomic E-state index is 10.9. The topological polar surface area (TPSA) is 79.3 Å². The van der Waals surface area contributed by atoms with E-state index in [9.17, 15) is 9.59 Å². The van der Waals surface area contributed by atoms with Crippen LogP contribution < -0.4 is 5.32 Å². The summed E-state index contributed by atoms with van der Waals surface area (Å²) in [5, 5.41) is 12.0. The van der Waals surface area contributed by atoms with Crippen molar-refractivity contribution in [3.63, 3.8) is 0 Å². The summed E-state index contributed by atoms with van der Waals surface area (Å²) in [6.45, 7) is 1.29. The summed E-state index contributed by atoms with van der Waals surface area (Å²) in [5.74, 6) is -0.203. The van der Waals surface area contributed by atoms with E-state index in [0.29, 0.717) is 28.2 Å². The van der Waals surface area contributed by atoms with Gasteiger partial charge in [-0.2, -0.15) is 11.8 Å². The minimum absolute atomic E-state index is 0.334. The van der Waals surface area contributed by atoms with Gasteiger partial charge >= 0.3 is 5.97 Å². The molecule has 0 aliphatic heterocycles. The Morgan fingerprint density at radius 2 is 2.15 bits per heavy atom. The summed E-state index contributed by atoms with van der Waals surface area (Å²) in [6.07, 6.45) is 0.345. The Labute approximate surface area is 131 Å². The van der Waals surface area contributed by atoms with Crippen LogP contribution in [-0.2, 0) is 15.3 Å². The number of carbonyl (C=O) groups is 2. The van der Waals surface area contributed by atoms with E-state index in [0.717, 1.165) is 5.56 Å². The van der Waals surface area contributed by atoms with Crippen LogP contribution >= 0.6 is 35.0 Å². The fourth-order valence-corrected chi connectivity index (χ4v) is 2.93. The van der Waals surface area contributed by atoms with Crippen molar-refractivity contribution < 1.29 is 14.7 Å². The van der Waals surface area contributed by atoms with Crippen molar-refractivity contribution in [2.45, 2.75) is 25.1 Å². The van der Waals surface area contributed by atoms with E-state index >= 15 is 0 Å². The van der Waals surface area contributed by atoms with Crippen LogP contribution in [0, 0.1) is 0 Å². The molecule has 0 radical (unpaired) electrons. The molecule has 5 nitrogen and oxygen atoms in total. The molecule has 1 aromatic heterocycles. The average molecular weight is 337 g/mol. The highest BCUT2D eigenvalue weighted by Gasteiger charge is 2.17. The number of amides is 1. The summed E-state index contributed by atoms with van der Waals surface area (Å²) in [4.78, 5) is 25.7. The van der Waals surface area contributed by atoms with Gasteiger partial charge in [0, 0.05) is 12.7 Å². The van der Waals surface area contributed by atoms with Gasteiger partial charge < -0.3 is 10.4 Å². The smallest absolute Gasteiger partial charge is 0.326 e. The summed E-state index contributed by atoms with van der Waals surface area (Å²) in [6, 6.07) is 2.58. The molecule has 0 bridgehead atoms. The first-order valence-electron chi connectivity index (χ1n) is 5.78. The SMILES string of the molecule is CC(=O)NC(CCSCc1ccc(Cl)nc1Cl)C(=O)O. The number of aromatic nitrogens is 1. The molecule has 8 heteroatoms. The van der Waals surface area contributed by atoms with Crippen molar-refractivity contribution in [1.82, 2.24) is 10.3 Å². The van der Waals surface area contributed by atoms with Gasteiger partial charge in [-0.1, -0.05) is 29.3 Å². The molecule has 20 heavy (non-hydrogen) atoms. The molecular formula is C12H14Cl2N2O3S. The number of carboxylic acid groups (broad SMARTS) is 1. The molecule has 0 saturated carbocycles. The standard InChI is InChI=1S/C12H14Cl2N2O3S/c1-7(17)15-9(12(18)19)4-5-20-6-8-2-3-10(13)16-11(8)14/h2-3,9H,4-6H2,1H3,(H,15,17)(H,18,19). The number of pyridine rings is 1. The molecule has 0 aliphatic rings. The first-order valence-corrected chi connectivity index (χ1v) is 7.69. The van der Waals surface area contributed by atoms with Gasteiger partial charge in [0.1, 0.15) is 16.3 Å². The van der Waals surface area contributed by atoms with Crippen LogP contribution in [0.25, 0.3) is 0 Å². The number of halogens is 2. The van der Waals surface area contributed by atoms with Gasteiger partial charge in [-0.15, -0.1) is 0 Å². The monoisotopic (exact) mass is 336 g/mol. The lowest BCUT2D eigenvalue weighted by Gasteiger charge is -2.12. The molecule has 2 N–H and O–H groups in total. The zero-order valence-corrected chi connectivity index (χ0v) is 13.1. The van der Waals surface area contributed by atoms with Crippen molar-refractivity contribution >= 4 is 46.8 Å². The van der Waals surface area contributed by atoms with E-state index in [1.165, 1.54) is 18.7 Å². The van der Waals surface area contributed by atoms with E-state index in [1.54, 1.807) is 12.1 Å². The molecule has 1 heterocycles. The van der Waals surface area contributed by atoms with Crippen LogP contribution in [0.15, 0.2) is 12.1 Å². The van der Waals surface area contributed by atoms with Crippen LogP contribution in [0.2, 0.25) is 10.3 Å². The molecule has 0 saturated heterocycles. The second-order valence-electron chi connectivity index (χ2n) is 4.02. The van der Waals surface area contributed by atoms with Crippen molar-refractivity contribution in [3.8, 4) is 0 Å². The van der Waals surface area contributed by atoms with Crippen molar-refractivity contribution in [2.24, 2.45) is 0 Å². The van der Waals surface area contributed by atoms with Gasteiger partial charge in [0.15, 0.2) is 0 Å². The largest absolute Gasteiger partial charge is 0.480 e. The number of carboxylic acids is 1. The van der Waals surface area contributed by atoms with E-state index < -0.39 is 12.0 Å². The normalized spacial score (nSPS) is 11.9. The second-order valence-corrected chi connectivity index (χ2v) is 5.87. The van der Waals surface area contributed by atoms with Crippen molar-refractivity contribution in [3.05, 3.63) is 28.0 Å². The molecule has 0 spiro atoms. The summed E-state index contributed by atoms with van der Waals surface area (Å²) in [5.41, 5.74) is 0.840. The fourth-order valence-electron chi connectivity index (χ4n) is 1.43. The van der Waals surface area contributed by atoms with Crippen molar-refractivity contribution in [1.29, 1.82) is 0 Å². The molecule has 0 aromatic carbocycles. The van der Waals surface area contributed by atoms with E-state index in [4.69, 9.17) is 28.3 Å². The number of nitrogens with zero attached hydrogens (tertiary/aromatic N) is 1. The van der Waals surface area contributed by atoms with Crippen LogP contribution in [0.5, 0.6) is 0 Å². The van der Waals surface area contributed by atoms with Gasteiger partial charge in [0.25, 0.3) is 0 Å². The highest BCUT2D eigenvalue weighted by atomic mass is 35.5. The number of hydrogen-bond donors (Lipinski definition) is 2. The first-order chi connectivity index (χ1) is 9.40. The van der Waals surface area contributed by atoms with Gasteiger partial charge in [0.05, 0.1) is 0 Å². The molecule has 0 aliphatic carbocycles. The number of rotatable bonds is 7. The Hall–Kier alpha value is -0.980. The lowest BCUT2D eigenvalue weighted by atomic mass is 10.2. The lowest BCUT2D eigenvalue weighted by Crippen LogP contribution is -2.39. The van der Waals surface area contributed by atoms with E-state index in [-0.39, 0.29) is 5.91 Å². The van der Waals surface area contributed by atoms with Gasteiger partial charge in [0.2, 0.25) is 5.91 Å². The third kappa shape index (κ3) is 5.98. The Bertz CT molecular complexity index is 500. The van der Waals surface area contributed by atoms with Crippen LogP contribution in [0.1, 0.15) is 18.9 Å². The second kappa shape index (κ2) is 8.34. The number of aliphatic carboxylic acids is 1. The van der Waals surface area contributed by atoms with Gasteiger partial charge in [-0.3, -0.25) is 4.79 Å². The summed E-state index contributed by atoms with van der Waals surface area (Å²) >= 11 is 13.1. The third-order valence-corrected chi connectivity index (χ3v) is 3.95. The van der Waals surface area contributed by atoms with Crippen LogP contribution in [0.3, 0.4) is 0 Å². The fraction of sp³-hybridized carbons (Fsp3) is 0.417. The third-order valence-electron chi connectivity index (χ3n) is 2.38. The maximum Gasteiger partial charge on any atom is 0.326 e. The summed E-state index contributed by atoms with van der Waals surface area (Å²) in [7, 11) is 0. The van der Waals surface area contributed by atoms with E-state index in [1.807, 2.05) is 0 Å². The molecule has 1 amide bonds. The van der Waals surface area contributed by atoms with Gasteiger partial charge in [-0.05, 0) is 23.8 Å². The average Bonchev–Trinajstić information content (AvgIpc) is 2.34. The molecule has 110 valence electrons.